The molecule has 0 spiro atoms. The number of hydrogen-bond donors (Lipinski definition) is 0. The number of halogens is 2. The van der Waals surface area contributed by atoms with Gasteiger partial charge in [-0.2, -0.15) is 18.2 Å². The highest BCUT2D eigenvalue weighted by Gasteiger charge is 2.35. The van der Waals surface area contributed by atoms with Crippen molar-refractivity contribution in [3.63, 3.8) is 0 Å². The molecule has 6 nitrogen and oxygen atoms in total. The van der Waals surface area contributed by atoms with E-state index in [9.17, 15) is 0 Å². The van der Waals surface area contributed by atoms with E-state index < -0.39 is 11.9 Å². The number of benzene rings is 2. The molecule has 1 aliphatic rings. The van der Waals surface area contributed by atoms with E-state index in [0.29, 0.717) is 17.0 Å². The minimum absolute atomic E-state index is 0.0616. The largest absolute Gasteiger partial charge is 0.450 e. The molecule has 0 atom stereocenters. The zero-order chi connectivity index (χ0) is 28.9. The molecule has 0 radical (unpaired) electrons. The molecule has 6 heterocycles. The fourth-order valence-electron chi connectivity index (χ4n) is 6.70. The Kier molecular flexibility index (Phi) is 5.17. The number of imidazole rings is 1. The summed E-state index contributed by atoms with van der Waals surface area (Å²) in [4.78, 5) is 8.57. The molecule has 2 aromatic carbocycles. The number of fused-ring (bicyclic) bond motifs is 11. The van der Waals surface area contributed by atoms with Crippen LogP contribution in [0.1, 0.15) is 36.5 Å². The first kappa shape index (κ1) is 24.8. The quantitative estimate of drug-likeness (QED) is 0.136. The molecule has 7 aromatic rings. The van der Waals surface area contributed by atoms with Gasteiger partial charge in [0.15, 0.2) is 23.0 Å². The smallest absolute Gasteiger partial charge is 0.297 e. The third-order valence-corrected chi connectivity index (χ3v) is 8.60. The van der Waals surface area contributed by atoms with Crippen LogP contribution in [-0.2, 0) is 20.5 Å². The van der Waals surface area contributed by atoms with Gasteiger partial charge in [0, 0.05) is 29.7 Å². The molecule has 0 N–H and O–H groups in total. The van der Waals surface area contributed by atoms with Crippen molar-refractivity contribution in [2.24, 2.45) is 14.1 Å². The van der Waals surface area contributed by atoms with E-state index in [1.807, 2.05) is 44.6 Å². The predicted molar refractivity (Wildman–Crippen MR) is 157 cm³/mol. The van der Waals surface area contributed by atoms with Crippen LogP contribution in [0.5, 0.6) is 11.5 Å². The Balaban J connectivity index is 1.56. The standard InChI is InChI=1S/C34H27F2N5O/c1-18(2)19-10-9-14-25-27(19)30-29(34-40(4)22-11-5-6-12-23(22)41(25)34)20-16-21-28(24-13-7-8-15-39(24)3)32(35)38-33(36)31(21)42-26(20)17-37-30/h5-15,17-18H,16H2,1-4H3/q+2. The van der Waals surface area contributed by atoms with Crippen LogP contribution in [-0.4, -0.2) is 14.4 Å². The maximum atomic E-state index is 15.6. The SMILES string of the molecule is CC(C)c1cccc2c1c1ncc3c(c1c1n2c2ccccc2[n+]1C)Cc1c(c(F)nc(F)c1-c1cccc[n+]1C)O3. The second-order valence-electron chi connectivity index (χ2n) is 11.3. The van der Waals surface area contributed by atoms with Gasteiger partial charge in [0.1, 0.15) is 23.9 Å². The lowest BCUT2D eigenvalue weighted by atomic mass is 9.91. The summed E-state index contributed by atoms with van der Waals surface area (Å²) < 4.78 is 43.3. The minimum atomic E-state index is -0.972. The number of ether oxygens (including phenoxy) is 1. The molecule has 206 valence electrons. The fraction of sp³-hybridized carbons (Fsp3) is 0.176. The molecule has 0 unspecified atom stereocenters. The topological polar surface area (TPSA) is 47.2 Å². The van der Waals surface area contributed by atoms with Gasteiger partial charge in [-0.05, 0) is 35.7 Å². The van der Waals surface area contributed by atoms with Crippen molar-refractivity contribution in [2.45, 2.75) is 26.2 Å². The van der Waals surface area contributed by atoms with Crippen LogP contribution in [0.25, 0.3) is 49.7 Å². The van der Waals surface area contributed by atoms with Crippen LogP contribution < -0.4 is 13.9 Å². The molecule has 42 heavy (non-hydrogen) atoms. The van der Waals surface area contributed by atoms with E-state index in [2.05, 4.69) is 58.1 Å². The Bertz CT molecular complexity index is 2290. The van der Waals surface area contributed by atoms with Crippen molar-refractivity contribution in [1.29, 1.82) is 0 Å². The summed E-state index contributed by atoms with van der Waals surface area (Å²) >= 11 is 0. The number of nitrogens with zero attached hydrogens (tertiary/aromatic N) is 5. The highest BCUT2D eigenvalue weighted by Crippen LogP contribution is 2.46. The van der Waals surface area contributed by atoms with E-state index in [1.54, 1.807) is 16.8 Å². The number of aromatic nitrogens is 5. The maximum Gasteiger partial charge on any atom is 0.297 e. The highest BCUT2D eigenvalue weighted by atomic mass is 19.1. The molecule has 0 amide bonds. The molecule has 0 saturated heterocycles. The van der Waals surface area contributed by atoms with Crippen molar-refractivity contribution in [3.05, 3.63) is 102 Å². The third-order valence-electron chi connectivity index (χ3n) is 8.60. The van der Waals surface area contributed by atoms with Crippen LogP contribution in [0.4, 0.5) is 8.78 Å². The van der Waals surface area contributed by atoms with Crippen molar-refractivity contribution in [2.75, 3.05) is 0 Å². The Morgan fingerprint density at radius 3 is 2.48 bits per heavy atom. The van der Waals surface area contributed by atoms with E-state index >= 15 is 8.78 Å². The molecular formula is C34H27F2N5O+2. The van der Waals surface area contributed by atoms with Gasteiger partial charge < -0.3 is 4.74 Å². The molecule has 0 bridgehead atoms. The van der Waals surface area contributed by atoms with Crippen LogP contribution >= 0.6 is 0 Å². The maximum absolute atomic E-state index is 15.6. The van der Waals surface area contributed by atoms with Crippen molar-refractivity contribution in [3.8, 4) is 22.8 Å². The second kappa shape index (κ2) is 8.76. The van der Waals surface area contributed by atoms with Gasteiger partial charge in [0.25, 0.3) is 11.6 Å². The summed E-state index contributed by atoms with van der Waals surface area (Å²) in [5.74, 6) is -1.21. The number of pyridine rings is 4. The van der Waals surface area contributed by atoms with Gasteiger partial charge in [-0.15, -0.1) is 0 Å². The Labute approximate surface area is 240 Å². The molecule has 0 aliphatic carbocycles. The summed E-state index contributed by atoms with van der Waals surface area (Å²) in [7, 11) is 3.88. The highest BCUT2D eigenvalue weighted by molar-refractivity contribution is 6.14. The lowest BCUT2D eigenvalue weighted by Gasteiger charge is -2.23. The van der Waals surface area contributed by atoms with Gasteiger partial charge in [0.2, 0.25) is 11.6 Å². The van der Waals surface area contributed by atoms with Gasteiger partial charge >= 0.3 is 0 Å². The van der Waals surface area contributed by atoms with E-state index in [0.717, 1.165) is 44.0 Å². The molecule has 0 fully saturated rings. The summed E-state index contributed by atoms with van der Waals surface area (Å²) in [6.45, 7) is 4.36. The predicted octanol–water partition coefficient (Wildman–Crippen LogP) is 6.60. The summed E-state index contributed by atoms with van der Waals surface area (Å²) in [6, 6.07) is 20.2. The Hall–Kier alpha value is -4.98. The molecule has 0 saturated carbocycles. The van der Waals surface area contributed by atoms with Crippen molar-refractivity contribution in [1.82, 2.24) is 14.4 Å². The van der Waals surface area contributed by atoms with Gasteiger partial charge in [-0.25, -0.2) is 9.13 Å². The summed E-state index contributed by atoms with van der Waals surface area (Å²) in [5, 5.41) is 1.96. The van der Waals surface area contributed by atoms with Crippen LogP contribution in [0, 0.1) is 11.9 Å². The monoisotopic (exact) mass is 559 g/mol. The zero-order valence-electron chi connectivity index (χ0n) is 23.6. The summed E-state index contributed by atoms with van der Waals surface area (Å²) in [6.07, 6.45) is 3.74. The first-order valence-electron chi connectivity index (χ1n) is 14.0. The fourth-order valence-corrected chi connectivity index (χ4v) is 6.70. The lowest BCUT2D eigenvalue weighted by Crippen LogP contribution is -2.31. The number of para-hydroxylation sites is 2. The first-order chi connectivity index (χ1) is 20.3. The molecular weight excluding hydrogens is 532 g/mol. The third kappa shape index (κ3) is 3.23. The molecule has 1 aliphatic heterocycles. The minimum Gasteiger partial charge on any atom is -0.450 e. The molecule has 8 rings (SSSR count). The zero-order valence-corrected chi connectivity index (χ0v) is 23.6. The lowest BCUT2D eigenvalue weighted by molar-refractivity contribution is -0.660. The van der Waals surface area contributed by atoms with Crippen LogP contribution in [0.3, 0.4) is 0 Å². The number of aryl methyl sites for hydroxylation is 2. The Morgan fingerprint density at radius 2 is 1.67 bits per heavy atom. The molecule has 8 heteroatoms. The average molecular weight is 560 g/mol. The average Bonchev–Trinajstić information content (AvgIpc) is 3.29. The van der Waals surface area contributed by atoms with Gasteiger partial charge in [-0.3, -0.25) is 4.98 Å². The number of hydrogen-bond acceptors (Lipinski definition) is 3. The number of rotatable bonds is 2. The van der Waals surface area contributed by atoms with Gasteiger partial charge in [0.05, 0.1) is 29.5 Å². The van der Waals surface area contributed by atoms with Crippen molar-refractivity contribution >= 4 is 38.5 Å². The van der Waals surface area contributed by atoms with Crippen molar-refractivity contribution < 1.29 is 22.7 Å². The second-order valence-corrected chi connectivity index (χ2v) is 11.3. The normalized spacial score (nSPS) is 12.8. The Morgan fingerprint density at radius 1 is 0.881 bits per heavy atom. The van der Waals surface area contributed by atoms with Crippen LogP contribution in [0.15, 0.2) is 73.1 Å². The van der Waals surface area contributed by atoms with E-state index in [1.165, 1.54) is 5.56 Å². The van der Waals surface area contributed by atoms with E-state index in [-0.39, 0.29) is 23.7 Å². The van der Waals surface area contributed by atoms with Crippen LogP contribution in [0.2, 0.25) is 0 Å². The van der Waals surface area contributed by atoms with E-state index in [4.69, 9.17) is 9.72 Å². The molecule has 5 aromatic heterocycles. The summed E-state index contributed by atoms with van der Waals surface area (Å²) in [5.41, 5.74) is 8.23. The first-order valence-corrected chi connectivity index (χ1v) is 14.0. The van der Waals surface area contributed by atoms with Gasteiger partial charge in [-0.1, -0.05) is 38.1 Å².